The van der Waals surface area contributed by atoms with Crippen LogP contribution in [-0.2, 0) is 15.5 Å². The van der Waals surface area contributed by atoms with Gasteiger partial charge in [-0.25, -0.2) is 18.4 Å². The van der Waals surface area contributed by atoms with Gasteiger partial charge >= 0.3 is 12.1 Å². The van der Waals surface area contributed by atoms with E-state index in [1.165, 1.54) is 24.3 Å². The molecule has 0 aromatic heterocycles. The molecule has 0 spiro atoms. The monoisotopic (exact) mass is 315 g/mol. The lowest BCUT2D eigenvalue weighted by molar-refractivity contribution is -0.142. The number of aliphatic carboxylic acids is 1. The number of benzene rings is 1. The minimum Gasteiger partial charge on any atom is -0.480 e. The second-order valence-electron chi connectivity index (χ2n) is 5.81. The number of hydrogen-bond donors (Lipinski definition) is 2. The van der Waals surface area contributed by atoms with Gasteiger partial charge in [0.15, 0.2) is 0 Å². The smallest absolute Gasteiger partial charge is 0.408 e. The molecule has 1 amide bonds. The Morgan fingerprint density at radius 2 is 1.77 bits per heavy atom. The number of alkyl carbamates (subject to hydrolysis) is 1. The lowest BCUT2D eigenvalue weighted by Gasteiger charge is -2.24. The predicted octanol–water partition coefficient (Wildman–Crippen LogP) is 3.15. The minimum atomic E-state index is -3.39. The van der Waals surface area contributed by atoms with Gasteiger partial charge < -0.3 is 15.2 Å². The van der Waals surface area contributed by atoms with Crippen molar-refractivity contribution in [3.8, 4) is 0 Å². The highest BCUT2D eigenvalue weighted by molar-refractivity contribution is 5.80. The normalized spacial score (nSPS) is 13.3. The fourth-order valence-corrected chi connectivity index (χ4v) is 1.71. The number of amides is 1. The van der Waals surface area contributed by atoms with Crippen LogP contribution >= 0.6 is 0 Å². The standard InChI is InChI=1S/C15H19F2NO4/c1-14(2,3)22-13(21)18-11(12(19)20)9-15(16,17)10-7-5-4-6-8-10/h4-8,11H,9H2,1-3H3,(H,18,21)(H,19,20)/t11-/m0/s1. The van der Waals surface area contributed by atoms with Crippen molar-refractivity contribution in [2.45, 2.75) is 44.8 Å². The zero-order valence-corrected chi connectivity index (χ0v) is 12.6. The van der Waals surface area contributed by atoms with Crippen LogP contribution in [0.1, 0.15) is 32.8 Å². The van der Waals surface area contributed by atoms with Crippen molar-refractivity contribution < 1.29 is 28.2 Å². The number of alkyl halides is 2. The lowest BCUT2D eigenvalue weighted by atomic mass is 10.0. The Hall–Kier alpha value is -2.18. The van der Waals surface area contributed by atoms with E-state index in [4.69, 9.17) is 9.84 Å². The van der Waals surface area contributed by atoms with E-state index in [2.05, 4.69) is 0 Å². The largest absolute Gasteiger partial charge is 0.480 e. The molecule has 122 valence electrons. The van der Waals surface area contributed by atoms with Crippen molar-refractivity contribution in [2.75, 3.05) is 0 Å². The minimum absolute atomic E-state index is 0.313. The Morgan fingerprint density at radius 3 is 2.23 bits per heavy atom. The molecule has 0 fully saturated rings. The summed E-state index contributed by atoms with van der Waals surface area (Å²) in [6, 6.07) is 5.08. The first kappa shape index (κ1) is 17.9. The molecular formula is C15H19F2NO4. The molecule has 0 saturated carbocycles. The molecule has 2 N–H and O–H groups in total. The van der Waals surface area contributed by atoms with Crippen molar-refractivity contribution in [1.29, 1.82) is 0 Å². The first-order valence-electron chi connectivity index (χ1n) is 6.67. The number of carbonyl (C=O) groups excluding carboxylic acids is 1. The van der Waals surface area contributed by atoms with Gasteiger partial charge in [0, 0.05) is 12.0 Å². The predicted molar refractivity (Wildman–Crippen MR) is 75.7 cm³/mol. The summed E-state index contributed by atoms with van der Waals surface area (Å²) in [4.78, 5) is 22.7. The maximum atomic E-state index is 14.1. The highest BCUT2D eigenvalue weighted by atomic mass is 19.3. The van der Waals surface area contributed by atoms with E-state index >= 15 is 0 Å². The van der Waals surface area contributed by atoms with E-state index in [9.17, 15) is 18.4 Å². The molecule has 0 saturated heterocycles. The van der Waals surface area contributed by atoms with Crippen molar-refractivity contribution in [2.24, 2.45) is 0 Å². The van der Waals surface area contributed by atoms with Crippen LogP contribution in [0.2, 0.25) is 0 Å². The van der Waals surface area contributed by atoms with E-state index in [-0.39, 0.29) is 5.56 Å². The van der Waals surface area contributed by atoms with Crippen LogP contribution in [0.4, 0.5) is 13.6 Å². The van der Waals surface area contributed by atoms with E-state index in [1.807, 2.05) is 5.32 Å². The maximum absolute atomic E-state index is 14.1. The van der Waals surface area contributed by atoms with Gasteiger partial charge in [0.2, 0.25) is 0 Å². The number of halogens is 2. The van der Waals surface area contributed by atoms with Crippen LogP contribution in [-0.4, -0.2) is 28.8 Å². The van der Waals surface area contributed by atoms with Crippen LogP contribution in [0.3, 0.4) is 0 Å². The Labute approximate surface area is 127 Å². The van der Waals surface area contributed by atoms with Crippen molar-refractivity contribution in [1.82, 2.24) is 5.32 Å². The van der Waals surface area contributed by atoms with Crippen LogP contribution < -0.4 is 5.32 Å². The molecule has 0 heterocycles. The quantitative estimate of drug-likeness (QED) is 0.875. The van der Waals surface area contributed by atoms with Gasteiger partial charge in [-0.1, -0.05) is 30.3 Å². The highest BCUT2D eigenvalue weighted by Crippen LogP contribution is 2.32. The molecule has 1 aromatic carbocycles. The average Bonchev–Trinajstić information content (AvgIpc) is 2.36. The van der Waals surface area contributed by atoms with Gasteiger partial charge in [-0.05, 0) is 20.8 Å². The van der Waals surface area contributed by atoms with Gasteiger partial charge in [0.1, 0.15) is 11.6 Å². The fraction of sp³-hybridized carbons (Fsp3) is 0.467. The van der Waals surface area contributed by atoms with Gasteiger partial charge in [-0.15, -0.1) is 0 Å². The van der Waals surface area contributed by atoms with Gasteiger partial charge in [-0.3, -0.25) is 0 Å². The Morgan fingerprint density at radius 1 is 1.23 bits per heavy atom. The number of carboxylic acid groups (broad SMARTS) is 1. The molecule has 1 aromatic rings. The third kappa shape index (κ3) is 5.67. The molecule has 7 heteroatoms. The Bertz CT molecular complexity index is 526. The number of rotatable bonds is 5. The molecule has 0 aliphatic heterocycles. The summed E-state index contributed by atoms with van der Waals surface area (Å²) in [5, 5.41) is 11.0. The molecule has 0 aliphatic rings. The van der Waals surface area contributed by atoms with Crippen LogP contribution in [0.15, 0.2) is 30.3 Å². The second kappa shape index (κ2) is 6.72. The zero-order valence-electron chi connectivity index (χ0n) is 12.6. The van der Waals surface area contributed by atoms with E-state index in [1.54, 1.807) is 26.8 Å². The second-order valence-corrected chi connectivity index (χ2v) is 5.81. The van der Waals surface area contributed by atoms with Crippen LogP contribution in [0.25, 0.3) is 0 Å². The summed E-state index contributed by atoms with van der Waals surface area (Å²) in [5.74, 6) is -4.94. The third-order valence-corrected chi connectivity index (χ3v) is 2.65. The van der Waals surface area contributed by atoms with E-state index in [0.717, 1.165) is 0 Å². The summed E-state index contributed by atoms with van der Waals surface area (Å²) in [5.41, 5.74) is -1.16. The highest BCUT2D eigenvalue weighted by Gasteiger charge is 2.38. The van der Waals surface area contributed by atoms with Crippen molar-refractivity contribution in [3.05, 3.63) is 35.9 Å². The third-order valence-electron chi connectivity index (χ3n) is 2.65. The van der Waals surface area contributed by atoms with Crippen molar-refractivity contribution >= 4 is 12.1 Å². The van der Waals surface area contributed by atoms with Gasteiger partial charge in [0.25, 0.3) is 5.92 Å². The topological polar surface area (TPSA) is 75.6 Å². The van der Waals surface area contributed by atoms with Crippen LogP contribution in [0.5, 0.6) is 0 Å². The number of ether oxygens (including phenoxy) is 1. The summed E-state index contributed by atoms with van der Waals surface area (Å²) in [6.45, 7) is 4.75. The van der Waals surface area contributed by atoms with Crippen LogP contribution in [0, 0.1) is 0 Å². The SMILES string of the molecule is CC(C)(C)OC(=O)N[C@@H](CC(F)(F)c1ccccc1)C(=O)O. The van der Waals surface area contributed by atoms with E-state index in [0.29, 0.717) is 0 Å². The molecule has 0 aliphatic carbocycles. The number of carboxylic acids is 1. The maximum Gasteiger partial charge on any atom is 0.408 e. The molecular weight excluding hydrogens is 296 g/mol. The summed E-state index contributed by atoms with van der Waals surface area (Å²) in [7, 11) is 0. The molecule has 1 atom stereocenters. The molecule has 5 nitrogen and oxygen atoms in total. The van der Waals surface area contributed by atoms with Gasteiger partial charge in [0.05, 0.1) is 0 Å². The molecule has 22 heavy (non-hydrogen) atoms. The first-order valence-corrected chi connectivity index (χ1v) is 6.67. The lowest BCUT2D eigenvalue weighted by Crippen LogP contribution is -2.45. The van der Waals surface area contributed by atoms with Crippen molar-refractivity contribution in [3.63, 3.8) is 0 Å². The molecule has 1 rings (SSSR count). The molecule has 0 radical (unpaired) electrons. The van der Waals surface area contributed by atoms with E-state index < -0.39 is 36.0 Å². The molecule has 0 unspecified atom stereocenters. The van der Waals surface area contributed by atoms with Gasteiger partial charge in [-0.2, -0.15) is 0 Å². The Balaban J connectivity index is 2.80. The fourth-order valence-electron chi connectivity index (χ4n) is 1.71. The Kier molecular flexibility index (Phi) is 5.46. The first-order chi connectivity index (χ1) is 10.0. The number of carbonyl (C=O) groups is 2. The zero-order chi connectivity index (χ0) is 17.0. The summed E-state index contributed by atoms with van der Waals surface area (Å²) < 4.78 is 33.1. The summed E-state index contributed by atoms with van der Waals surface area (Å²) in [6.07, 6.45) is -2.12. The average molecular weight is 315 g/mol. The summed E-state index contributed by atoms with van der Waals surface area (Å²) >= 11 is 0. The molecule has 0 bridgehead atoms. The number of hydrogen-bond acceptors (Lipinski definition) is 3. The number of nitrogens with one attached hydrogen (secondary N) is 1.